The van der Waals surface area contributed by atoms with Gasteiger partial charge in [0.05, 0.1) is 12.7 Å². The first-order valence-corrected chi connectivity index (χ1v) is 9.87. The molecule has 0 radical (unpaired) electrons. The summed E-state index contributed by atoms with van der Waals surface area (Å²) < 4.78 is 4.80. The van der Waals surface area contributed by atoms with Crippen LogP contribution in [0.1, 0.15) is 59.8 Å². The highest BCUT2D eigenvalue weighted by atomic mass is 32.1. The van der Waals surface area contributed by atoms with E-state index in [4.69, 9.17) is 4.74 Å². The Morgan fingerprint density at radius 1 is 1.25 bits per heavy atom. The van der Waals surface area contributed by atoms with Gasteiger partial charge in [0.15, 0.2) is 0 Å². The maximum atomic E-state index is 12.6. The normalized spacial score (nSPS) is 12.4. The molecule has 1 heterocycles. The van der Waals surface area contributed by atoms with Crippen LogP contribution < -0.4 is 5.32 Å². The van der Waals surface area contributed by atoms with Crippen molar-refractivity contribution in [2.45, 2.75) is 39.0 Å². The lowest BCUT2D eigenvalue weighted by atomic mass is 9.97. The van der Waals surface area contributed by atoms with E-state index in [0.717, 1.165) is 10.4 Å². The van der Waals surface area contributed by atoms with E-state index >= 15 is 0 Å². The van der Waals surface area contributed by atoms with Gasteiger partial charge < -0.3 is 10.1 Å². The molecule has 0 bridgehead atoms. The average molecular weight is 397 g/mol. The van der Waals surface area contributed by atoms with Crippen LogP contribution in [0.5, 0.6) is 0 Å². The number of rotatable bonds is 7. The zero-order valence-corrected chi connectivity index (χ0v) is 17.3. The molecule has 1 atom stereocenters. The smallest absolute Gasteiger partial charge is 0.340 e. The van der Waals surface area contributed by atoms with E-state index in [1.54, 1.807) is 12.1 Å². The van der Waals surface area contributed by atoms with E-state index in [2.05, 4.69) is 5.32 Å². The van der Waals surface area contributed by atoms with E-state index in [1.165, 1.54) is 18.4 Å². The zero-order chi connectivity index (χ0) is 20.7. The third kappa shape index (κ3) is 5.30. The highest BCUT2D eigenvalue weighted by molar-refractivity contribution is 7.16. The quantitative estimate of drug-likeness (QED) is 0.394. The second-order valence-corrected chi connectivity index (χ2v) is 7.85. The van der Waals surface area contributed by atoms with E-state index in [9.17, 15) is 14.9 Å². The van der Waals surface area contributed by atoms with Crippen LogP contribution in [0.4, 0.5) is 5.00 Å². The van der Waals surface area contributed by atoms with Gasteiger partial charge in [0, 0.05) is 4.88 Å². The molecule has 2 aromatic rings. The van der Waals surface area contributed by atoms with Crippen molar-refractivity contribution in [2.24, 2.45) is 0 Å². The highest BCUT2D eigenvalue weighted by Crippen LogP contribution is 2.33. The zero-order valence-electron chi connectivity index (χ0n) is 16.5. The molecule has 1 aromatic carbocycles. The van der Waals surface area contributed by atoms with Crippen molar-refractivity contribution in [1.29, 1.82) is 5.26 Å². The number of carbonyl (C=O) groups is 2. The van der Waals surface area contributed by atoms with Gasteiger partial charge >= 0.3 is 5.97 Å². The molecule has 0 aliphatic carbocycles. The highest BCUT2D eigenvalue weighted by Gasteiger charge is 2.21. The van der Waals surface area contributed by atoms with Crippen molar-refractivity contribution in [3.63, 3.8) is 0 Å². The molecule has 1 amide bonds. The molecule has 0 aliphatic heterocycles. The molecular weight excluding hydrogens is 372 g/mol. The standard InChI is InChI=1S/C22H24N2O3S/c1-14(2)19-12-18(22(26)27-4)21(28-19)24-20(25)17(13-23)11-10-15(3)16-8-6-5-7-9-16/h5-9,11-12,14-15H,10H2,1-4H3,(H,24,25)/b17-11+/t15-/m1/s1. The molecule has 146 valence electrons. The Kier molecular flexibility index (Phi) is 7.53. The molecule has 28 heavy (non-hydrogen) atoms. The van der Waals surface area contributed by atoms with E-state index in [1.807, 2.05) is 57.2 Å². The number of hydrogen-bond donors (Lipinski definition) is 1. The number of carbonyl (C=O) groups excluding carboxylic acids is 2. The Bertz CT molecular complexity index is 908. The molecule has 0 fully saturated rings. The largest absolute Gasteiger partial charge is 0.465 e. The van der Waals surface area contributed by atoms with Crippen LogP contribution in [0.3, 0.4) is 0 Å². The number of methoxy groups -OCH3 is 1. The SMILES string of the molecule is COC(=O)c1cc(C(C)C)sc1NC(=O)/C(C#N)=C/C[C@@H](C)c1ccccc1. The second kappa shape index (κ2) is 9.86. The molecule has 6 heteroatoms. The van der Waals surface area contributed by atoms with Crippen LogP contribution in [0.15, 0.2) is 48.0 Å². The molecular formula is C22H24N2O3S. The van der Waals surface area contributed by atoms with Crippen LogP contribution in [0.25, 0.3) is 0 Å². The number of esters is 1. The molecule has 0 saturated carbocycles. The van der Waals surface area contributed by atoms with Crippen LogP contribution in [0, 0.1) is 11.3 Å². The molecule has 0 aliphatic rings. The lowest BCUT2D eigenvalue weighted by Gasteiger charge is -2.09. The summed E-state index contributed by atoms with van der Waals surface area (Å²) in [4.78, 5) is 25.6. The fraction of sp³-hybridized carbons (Fsp3) is 0.318. The van der Waals surface area contributed by atoms with Gasteiger partial charge in [-0.3, -0.25) is 4.79 Å². The van der Waals surface area contributed by atoms with Crippen LogP contribution in [-0.4, -0.2) is 19.0 Å². The lowest BCUT2D eigenvalue weighted by molar-refractivity contribution is -0.112. The topological polar surface area (TPSA) is 79.2 Å². The summed E-state index contributed by atoms with van der Waals surface area (Å²) in [5, 5.41) is 12.5. The summed E-state index contributed by atoms with van der Waals surface area (Å²) in [6.07, 6.45) is 2.20. The van der Waals surface area contributed by atoms with Gasteiger partial charge in [-0.1, -0.05) is 57.2 Å². The van der Waals surface area contributed by atoms with Crippen molar-refractivity contribution >= 4 is 28.2 Å². The summed E-state index contributed by atoms with van der Waals surface area (Å²) in [6.45, 7) is 6.05. The summed E-state index contributed by atoms with van der Waals surface area (Å²) in [7, 11) is 1.30. The van der Waals surface area contributed by atoms with Crippen molar-refractivity contribution in [2.75, 3.05) is 12.4 Å². The van der Waals surface area contributed by atoms with Gasteiger partial charge in [0.2, 0.25) is 0 Å². The number of nitriles is 1. The van der Waals surface area contributed by atoms with Gasteiger partial charge in [-0.15, -0.1) is 11.3 Å². The minimum atomic E-state index is -0.523. The molecule has 2 rings (SSSR count). The summed E-state index contributed by atoms with van der Waals surface area (Å²) >= 11 is 1.32. The molecule has 0 spiro atoms. The van der Waals surface area contributed by atoms with Crippen molar-refractivity contribution < 1.29 is 14.3 Å². The predicted molar refractivity (Wildman–Crippen MR) is 112 cm³/mol. The number of benzene rings is 1. The number of allylic oxidation sites excluding steroid dienone is 1. The maximum absolute atomic E-state index is 12.6. The Morgan fingerprint density at radius 3 is 2.50 bits per heavy atom. The molecule has 1 N–H and O–H groups in total. The van der Waals surface area contributed by atoms with E-state index in [0.29, 0.717) is 17.0 Å². The number of anilines is 1. The minimum Gasteiger partial charge on any atom is -0.465 e. The Hall–Kier alpha value is -2.91. The lowest BCUT2D eigenvalue weighted by Crippen LogP contribution is -2.15. The average Bonchev–Trinajstić information content (AvgIpc) is 3.12. The van der Waals surface area contributed by atoms with Gasteiger partial charge in [-0.05, 0) is 29.9 Å². The number of hydrogen-bond acceptors (Lipinski definition) is 5. The first-order valence-electron chi connectivity index (χ1n) is 9.06. The number of nitrogens with one attached hydrogen (secondary N) is 1. The Labute approximate surface area is 169 Å². The summed E-state index contributed by atoms with van der Waals surface area (Å²) in [5.74, 6) is -0.655. The third-order valence-corrected chi connectivity index (χ3v) is 5.71. The predicted octanol–water partition coefficient (Wildman–Crippen LogP) is 5.24. The summed E-state index contributed by atoms with van der Waals surface area (Å²) in [5.41, 5.74) is 1.47. The monoisotopic (exact) mass is 396 g/mol. The van der Waals surface area contributed by atoms with Gasteiger partial charge in [0.25, 0.3) is 5.91 Å². The Balaban J connectivity index is 2.18. The minimum absolute atomic E-state index is 0.0260. The molecule has 1 aromatic heterocycles. The number of amides is 1. The number of nitrogens with zero attached hydrogens (tertiary/aromatic N) is 1. The van der Waals surface area contributed by atoms with Crippen molar-refractivity contribution in [1.82, 2.24) is 0 Å². The maximum Gasteiger partial charge on any atom is 0.340 e. The van der Waals surface area contributed by atoms with Crippen LogP contribution >= 0.6 is 11.3 Å². The van der Waals surface area contributed by atoms with Crippen LogP contribution in [-0.2, 0) is 9.53 Å². The Morgan fingerprint density at radius 2 is 1.93 bits per heavy atom. The number of ether oxygens (including phenoxy) is 1. The first-order chi connectivity index (χ1) is 13.4. The molecule has 0 saturated heterocycles. The molecule has 0 unspecified atom stereocenters. The first kappa shape index (κ1) is 21.4. The van der Waals surface area contributed by atoms with Gasteiger partial charge in [-0.2, -0.15) is 5.26 Å². The van der Waals surface area contributed by atoms with Crippen molar-refractivity contribution in [3.05, 3.63) is 64.1 Å². The van der Waals surface area contributed by atoms with Crippen LogP contribution in [0.2, 0.25) is 0 Å². The molecule has 5 nitrogen and oxygen atoms in total. The van der Waals surface area contributed by atoms with Crippen molar-refractivity contribution in [3.8, 4) is 6.07 Å². The number of thiophene rings is 1. The second-order valence-electron chi connectivity index (χ2n) is 6.77. The third-order valence-electron chi connectivity index (χ3n) is 4.36. The summed E-state index contributed by atoms with van der Waals surface area (Å²) in [6, 6.07) is 13.6. The van der Waals surface area contributed by atoms with E-state index < -0.39 is 11.9 Å². The fourth-order valence-electron chi connectivity index (χ4n) is 2.62. The fourth-order valence-corrected chi connectivity index (χ4v) is 3.67. The van der Waals surface area contributed by atoms with Gasteiger partial charge in [-0.25, -0.2) is 4.79 Å². The van der Waals surface area contributed by atoms with Gasteiger partial charge in [0.1, 0.15) is 16.6 Å². The van der Waals surface area contributed by atoms with E-state index in [-0.39, 0.29) is 17.4 Å².